The molecule has 102 valence electrons. The lowest BCUT2D eigenvalue weighted by atomic mass is 10.1. The lowest BCUT2D eigenvalue weighted by Gasteiger charge is -2.20. The summed E-state index contributed by atoms with van der Waals surface area (Å²) in [6.07, 6.45) is 3.24. The number of aromatic nitrogens is 1. The van der Waals surface area contributed by atoms with E-state index in [1.165, 1.54) is 22.9 Å². The van der Waals surface area contributed by atoms with Crippen LogP contribution in [-0.2, 0) is 6.54 Å². The first-order chi connectivity index (χ1) is 9.08. The van der Waals surface area contributed by atoms with Crippen molar-refractivity contribution in [2.45, 2.75) is 33.7 Å². The van der Waals surface area contributed by atoms with Gasteiger partial charge >= 0.3 is 0 Å². The van der Waals surface area contributed by atoms with Crippen LogP contribution in [0.5, 0.6) is 0 Å². The zero-order valence-corrected chi connectivity index (χ0v) is 12.5. The van der Waals surface area contributed by atoms with Crippen molar-refractivity contribution in [3.05, 3.63) is 41.6 Å². The highest BCUT2D eigenvalue weighted by molar-refractivity contribution is 5.79. The first-order valence-electron chi connectivity index (χ1n) is 7.12. The Morgan fingerprint density at radius 1 is 1.26 bits per heavy atom. The third kappa shape index (κ3) is 3.77. The predicted molar refractivity (Wildman–Crippen MR) is 82.3 cm³/mol. The lowest BCUT2D eigenvalue weighted by Crippen LogP contribution is -2.23. The molecular formula is C17H24N2. The topological polar surface area (TPSA) is 16.1 Å². The fraction of sp³-hybridized carbons (Fsp3) is 0.471. The average Bonchev–Trinajstić information content (AvgIpc) is 2.37. The second kappa shape index (κ2) is 6.16. The molecule has 1 aromatic heterocycles. The van der Waals surface area contributed by atoms with Gasteiger partial charge in [-0.1, -0.05) is 31.9 Å². The van der Waals surface area contributed by atoms with Crippen LogP contribution in [0, 0.1) is 12.8 Å². The van der Waals surface area contributed by atoms with Crippen LogP contribution in [0.2, 0.25) is 0 Å². The van der Waals surface area contributed by atoms with Crippen LogP contribution in [0.1, 0.15) is 31.4 Å². The number of rotatable bonds is 5. The fourth-order valence-corrected chi connectivity index (χ4v) is 2.42. The van der Waals surface area contributed by atoms with Crippen molar-refractivity contribution in [2.75, 3.05) is 13.6 Å². The number of fused-ring (bicyclic) bond motifs is 1. The van der Waals surface area contributed by atoms with Crippen molar-refractivity contribution < 1.29 is 0 Å². The third-order valence-electron chi connectivity index (χ3n) is 3.67. The Hall–Kier alpha value is -1.41. The minimum absolute atomic E-state index is 0.751. The number of pyridine rings is 1. The summed E-state index contributed by atoms with van der Waals surface area (Å²) >= 11 is 0. The summed E-state index contributed by atoms with van der Waals surface area (Å²) in [6.45, 7) is 8.79. The molecule has 0 N–H and O–H groups in total. The van der Waals surface area contributed by atoms with E-state index in [0.29, 0.717) is 0 Å². The van der Waals surface area contributed by atoms with Crippen LogP contribution >= 0.6 is 0 Å². The number of aryl methyl sites for hydroxylation is 1. The van der Waals surface area contributed by atoms with Gasteiger partial charge in [0.25, 0.3) is 0 Å². The molecule has 0 aliphatic heterocycles. The number of benzene rings is 1. The maximum atomic E-state index is 4.55. The molecule has 19 heavy (non-hydrogen) atoms. The number of hydrogen-bond donors (Lipinski definition) is 0. The SMILES string of the molecule is CCC(C)CN(C)Cc1cnc2ccc(C)cc2c1. The summed E-state index contributed by atoms with van der Waals surface area (Å²) in [6, 6.07) is 8.68. The molecule has 0 spiro atoms. The van der Waals surface area contributed by atoms with Gasteiger partial charge in [0, 0.05) is 24.7 Å². The van der Waals surface area contributed by atoms with E-state index < -0.39 is 0 Å². The summed E-state index contributed by atoms with van der Waals surface area (Å²) in [4.78, 5) is 6.93. The Balaban J connectivity index is 2.12. The molecule has 0 saturated carbocycles. The van der Waals surface area contributed by atoms with E-state index in [1.54, 1.807) is 0 Å². The van der Waals surface area contributed by atoms with Gasteiger partial charge in [-0.05, 0) is 43.7 Å². The van der Waals surface area contributed by atoms with Crippen LogP contribution in [0.3, 0.4) is 0 Å². The van der Waals surface area contributed by atoms with E-state index in [-0.39, 0.29) is 0 Å². The third-order valence-corrected chi connectivity index (χ3v) is 3.67. The molecule has 1 heterocycles. The maximum absolute atomic E-state index is 4.55. The van der Waals surface area contributed by atoms with E-state index in [1.807, 2.05) is 6.20 Å². The van der Waals surface area contributed by atoms with Gasteiger partial charge in [0.15, 0.2) is 0 Å². The zero-order valence-electron chi connectivity index (χ0n) is 12.5. The minimum Gasteiger partial charge on any atom is -0.302 e. The zero-order chi connectivity index (χ0) is 13.8. The van der Waals surface area contributed by atoms with Crippen LogP contribution in [0.4, 0.5) is 0 Å². The van der Waals surface area contributed by atoms with Crippen molar-refractivity contribution >= 4 is 10.9 Å². The molecule has 2 nitrogen and oxygen atoms in total. The molecule has 2 aromatic rings. The summed E-state index contributed by atoms with van der Waals surface area (Å²) in [5.74, 6) is 0.751. The molecule has 0 saturated heterocycles. The Morgan fingerprint density at radius 2 is 2.05 bits per heavy atom. The molecule has 1 atom stereocenters. The van der Waals surface area contributed by atoms with Crippen molar-refractivity contribution in [2.24, 2.45) is 5.92 Å². The van der Waals surface area contributed by atoms with Gasteiger partial charge in [-0.2, -0.15) is 0 Å². The van der Waals surface area contributed by atoms with Crippen molar-refractivity contribution in [3.63, 3.8) is 0 Å². The largest absolute Gasteiger partial charge is 0.302 e. The molecule has 0 bridgehead atoms. The van der Waals surface area contributed by atoms with Gasteiger partial charge in [-0.25, -0.2) is 0 Å². The van der Waals surface area contributed by atoms with Crippen LogP contribution in [0.25, 0.3) is 10.9 Å². The molecule has 0 aliphatic rings. The van der Waals surface area contributed by atoms with Crippen molar-refractivity contribution in [1.29, 1.82) is 0 Å². The summed E-state index contributed by atoms with van der Waals surface area (Å²) < 4.78 is 0. The Kier molecular flexibility index (Phi) is 4.54. The normalized spacial score (nSPS) is 13.1. The maximum Gasteiger partial charge on any atom is 0.0702 e. The molecule has 1 aromatic carbocycles. The summed E-state index contributed by atoms with van der Waals surface area (Å²) in [5.41, 5.74) is 3.67. The van der Waals surface area contributed by atoms with E-state index in [4.69, 9.17) is 0 Å². The first-order valence-corrected chi connectivity index (χ1v) is 7.12. The Labute approximate surface area is 116 Å². The van der Waals surface area contributed by atoms with Gasteiger partial charge < -0.3 is 4.90 Å². The number of nitrogens with zero attached hydrogens (tertiary/aromatic N) is 2. The lowest BCUT2D eigenvalue weighted by molar-refractivity contribution is 0.275. The van der Waals surface area contributed by atoms with E-state index >= 15 is 0 Å². The number of hydrogen-bond acceptors (Lipinski definition) is 2. The quantitative estimate of drug-likeness (QED) is 0.803. The van der Waals surface area contributed by atoms with E-state index in [2.05, 4.69) is 62.0 Å². The van der Waals surface area contributed by atoms with Gasteiger partial charge in [0.05, 0.1) is 5.52 Å². The van der Waals surface area contributed by atoms with E-state index in [9.17, 15) is 0 Å². The minimum atomic E-state index is 0.751. The van der Waals surface area contributed by atoms with Crippen LogP contribution in [0.15, 0.2) is 30.5 Å². The standard InChI is InChI=1S/C17H24N2/c1-5-13(2)11-19(4)12-15-9-16-8-14(3)6-7-17(16)18-10-15/h6-10,13H,5,11-12H2,1-4H3. The van der Waals surface area contributed by atoms with Crippen LogP contribution in [-0.4, -0.2) is 23.5 Å². The van der Waals surface area contributed by atoms with Gasteiger partial charge in [-0.15, -0.1) is 0 Å². The second-order valence-corrected chi connectivity index (χ2v) is 5.75. The van der Waals surface area contributed by atoms with Crippen molar-refractivity contribution in [1.82, 2.24) is 9.88 Å². The molecular weight excluding hydrogens is 232 g/mol. The highest BCUT2D eigenvalue weighted by Crippen LogP contribution is 2.16. The molecule has 0 aliphatic carbocycles. The van der Waals surface area contributed by atoms with Gasteiger partial charge in [0.2, 0.25) is 0 Å². The molecule has 0 amide bonds. The molecule has 2 rings (SSSR count). The second-order valence-electron chi connectivity index (χ2n) is 5.75. The monoisotopic (exact) mass is 256 g/mol. The Morgan fingerprint density at radius 3 is 2.79 bits per heavy atom. The highest BCUT2D eigenvalue weighted by atomic mass is 15.1. The molecule has 0 fully saturated rings. The molecule has 1 unspecified atom stereocenters. The van der Waals surface area contributed by atoms with E-state index in [0.717, 1.165) is 24.5 Å². The fourth-order valence-electron chi connectivity index (χ4n) is 2.42. The highest BCUT2D eigenvalue weighted by Gasteiger charge is 2.06. The van der Waals surface area contributed by atoms with Gasteiger partial charge in [0.1, 0.15) is 0 Å². The Bertz CT molecular complexity index is 548. The van der Waals surface area contributed by atoms with Gasteiger partial charge in [-0.3, -0.25) is 4.98 Å². The van der Waals surface area contributed by atoms with Crippen LogP contribution < -0.4 is 0 Å². The first kappa shape index (κ1) is 14.0. The van der Waals surface area contributed by atoms with Crippen molar-refractivity contribution in [3.8, 4) is 0 Å². The smallest absolute Gasteiger partial charge is 0.0702 e. The molecule has 0 radical (unpaired) electrons. The summed E-state index contributed by atoms with van der Waals surface area (Å²) in [5, 5.41) is 1.24. The average molecular weight is 256 g/mol. The predicted octanol–water partition coefficient (Wildman–Crippen LogP) is 4.02. The molecule has 2 heteroatoms. The summed E-state index contributed by atoms with van der Waals surface area (Å²) in [7, 11) is 2.19.